The SMILES string of the molecule is CCNC(=O)CN(C)C(=O)c1cccc(CN)c1. The first-order valence-electron chi connectivity index (χ1n) is 5.89. The molecule has 1 aromatic carbocycles. The van der Waals surface area contributed by atoms with Gasteiger partial charge >= 0.3 is 0 Å². The third-order valence-electron chi connectivity index (χ3n) is 2.51. The molecule has 0 aliphatic carbocycles. The van der Waals surface area contributed by atoms with Crippen LogP contribution in [0.25, 0.3) is 0 Å². The molecule has 0 saturated carbocycles. The maximum atomic E-state index is 12.1. The fourth-order valence-electron chi connectivity index (χ4n) is 1.59. The highest BCUT2D eigenvalue weighted by atomic mass is 16.2. The van der Waals surface area contributed by atoms with E-state index in [1.807, 2.05) is 13.0 Å². The van der Waals surface area contributed by atoms with Crippen molar-refractivity contribution in [3.8, 4) is 0 Å². The second-order valence-electron chi connectivity index (χ2n) is 4.02. The molecule has 18 heavy (non-hydrogen) atoms. The average Bonchev–Trinajstić information content (AvgIpc) is 2.38. The van der Waals surface area contributed by atoms with Gasteiger partial charge in [0.05, 0.1) is 6.54 Å². The lowest BCUT2D eigenvalue weighted by atomic mass is 10.1. The summed E-state index contributed by atoms with van der Waals surface area (Å²) in [5, 5.41) is 2.65. The summed E-state index contributed by atoms with van der Waals surface area (Å²) in [4.78, 5) is 24.8. The highest BCUT2D eigenvalue weighted by molar-refractivity contribution is 5.96. The van der Waals surface area contributed by atoms with Crippen LogP contribution >= 0.6 is 0 Å². The number of hydrogen-bond donors (Lipinski definition) is 2. The molecule has 0 unspecified atom stereocenters. The van der Waals surface area contributed by atoms with Crippen LogP contribution in [-0.4, -0.2) is 36.9 Å². The molecule has 1 rings (SSSR count). The minimum absolute atomic E-state index is 0.0551. The van der Waals surface area contributed by atoms with E-state index >= 15 is 0 Å². The van der Waals surface area contributed by atoms with Crippen molar-refractivity contribution in [2.75, 3.05) is 20.1 Å². The quantitative estimate of drug-likeness (QED) is 0.791. The Morgan fingerprint density at radius 3 is 2.72 bits per heavy atom. The summed E-state index contributed by atoms with van der Waals surface area (Å²) in [5.74, 6) is -0.347. The zero-order chi connectivity index (χ0) is 13.5. The van der Waals surface area contributed by atoms with Crippen LogP contribution < -0.4 is 11.1 Å². The standard InChI is InChI=1S/C13H19N3O2/c1-3-15-12(17)9-16(2)13(18)11-6-4-5-10(7-11)8-14/h4-7H,3,8-9,14H2,1-2H3,(H,15,17). The number of hydrogen-bond acceptors (Lipinski definition) is 3. The lowest BCUT2D eigenvalue weighted by Crippen LogP contribution is -2.38. The van der Waals surface area contributed by atoms with E-state index in [2.05, 4.69) is 5.32 Å². The Kier molecular flexibility index (Phi) is 5.32. The second kappa shape index (κ2) is 6.76. The molecule has 98 valence electrons. The molecule has 0 heterocycles. The molecule has 0 aromatic heterocycles. The van der Waals surface area contributed by atoms with Gasteiger partial charge in [0.2, 0.25) is 5.91 Å². The molecular weight excluding hydrogens is 230 g/mol. The first kappa shape index (κ1) is 14.2. The molecule has 0 aliphatic rings. The summed E-state index contributed by atoms with van der Waals surface area (Å²) in [5.41, 5.74) is 6.97. The molecule has 2 amide bonds. The van der Waals surface area contributed by atoms with Crippen LogP contribution in [0.2, 0.25) is 0 Å². The second-order valence-corrected chi connectivity index (χ2v) is 4.02. The number of carbonyl (C=O) groups excluding carboxylic acids is 2. The van der Waals surface area contributed by atoms with E-state index in [9.17, 15) is 9.59 Å². The van der Waals surface area contributed by atoms with Gasteiger partial charge in [0, 0.05) is 25.7 Å². The topological polar surface area (TPSA) is 75.4 Å². The number of carbonyl (C=O) groups is 2. The fourth-order valence-corrected chi connectivity index (χ4v) is 1.59. The molecule has 0 atom stereocenters. The van der Waals surface area contributed by atoms with Gasteiger partial charge in [0.15, 0.2) is 0 Å². The third-order valence-corrected chi connectivity index (χ3v) is 2.51. The normalized spacial score (nSPS) is 9.94. The predicted molar refractivity (Wildman–Crippen MR) is 70.0 cm³/mol. The molecule has 0 radical (unpaired) electrons. The fraction of sp³-hybridized carbons (Fsp3) is 0.385. The van der Waals surface area contributed by atoms with Gasteiger partial charge in [0.25, 0.3) is 5.91 Å². The van der Waals surface area contributed by atoms with Crippen LogP contribution in [0.3, 0.4) is 0 Å². The Morgan fingerprint density at radius 2 is 2.11 bits per heavy atom. The highest BCUT2D eigenvalue weighted by Gasteiger charge is 2.14. The van der Waals surface area contributed by atoms with Gasteiger partial charge in [-0.25, -0.2) is 0 Å². The smallest absolute Gasteiger partial charge is 0.254 e. The van der Waals surface area contributed by atoms with Crippen molar-refractivity contribution in [3.05, 3.63) is 35.4 Å². The maximum absolute atomic E-state index is 12.1. The summed E-state index contributed by atoms with van der Waals surface area (Å²) in [6.07, 6.45) is 0. The minimum atomic E-state index is -0.184. The molecule has 5 heteroatoms. The average molecular weight is 249 g/mol. The number of likely N-dealkylation sites (N-methyl/N-ethyl adjacent to an activating group) is 2. The lowest BCUT2D eigenvalue weighted by Gasteiger charge is -2.16. The first-order valence-corrected chi connectivity index (χ1v) is 5.89. The molecule has 0 fully saturated rings. The minimum Gasteiger partial charge on any atom is -0.355 e. The number of amides is 2. The van der Waals surface area contributed by atoms with Crippen LogP contribution in [0.5, 0.6) is 0 Å². The van der Waals surface area contributed by atoms with Gasteiger partial charge < -0.3 is 16.0 Å². The molecule has 0 spiro atoms. The Hall–Kier alpha value is -1.88. The Balaban J connectivity index is 2.70. The van der Waals surface area contributed by atoms with Crippen molar-refractivity contribution in [2.45, 2.75) is 13.5 Å². The van der Waals surface area contributed by atoms with E-state index in [-0.39, 0.29) is 18.4 Å². The van der Waals surface area contributed by atoms with Crippen molar-refractivity contribution >= 4 is 11.8 Å². The Labute approximate surface area is 107 Å². The van der Waals surface area contributed by atoms with E-state index in [1.54, 1.807) is 25.2 Å². The van der Waals surface area contributed by atoms with E-state index in [0.717, 1.165) is 5.56 Å². The van der Waals surface area contributed by atoms with Crippen molar-refractivity contribution in [1.82, 2.24) is 10.2 Å². The molecule has 0 aliphatic heterocycles. The zero-order valence-electron chi connectivity index (χ0n) is 10.8. The summed E-state index contributed by atoms with van der Waals surface area (Å²) in [7, 11) is 1.60. The molecule has 5 nitrogen and oxygen atoms in total. The highest BCUT2D eigenvalue weighted by Crippen LogP contribution is 2.07. The van der Waals surface area contributed by atoms with Gasteiger partial charge in [0.1, 0.15) is 0 Å². The van der Waals surface area contributed by atoms with E-state index < -0.39 is 0 Å². The van der Waals surface area contributed by atoms with Gasteiger partial charge in [-0.3, -0.25) is 9.59 Å². The monoisotopic (exact) mass is 249 g/mol. The van der Waals surface area contributed by atoms with Crippen LogP contribution in [-0.2, 0) is 11.3 Å². The van der Waals surface area contributed by atoms with Gasteiger partial charge in [-0.2, -0.15) is 0 Å². The largest absolute Gasteiger partial charge is 0.355 e. The Bertz CT molecular complexity index is 432. The Morgan fingerprint density at radius 1 is 1.39 bits per heavy atom. The summed E-state index contributed by atoms with van der Waals surface area (Å²) >= 11 is 0. The van der Waals surface area contributed by atoms with Gasteiger partial charge in [-0.1, -0.05) is 12.1 Å². The van der Waals surface area contributed by atoms with E-state index in [4.69, 9.17) is 5.73 Å². The number of benzene rings is 1. The summed E-state index contributed by atoms with van der Waals surface area (Å²) < 4.78 is 0. The van der Waals surface area contributed by atoms with Crippen LogP contribution in [0.4, 0.5) is 0 Å². The molecular formula is C13H19N3O2. The van der Waals surface area contributed by atoms with E-state index in [1.165, 1.54) is 4.90 Å². The number of nitrogens with one attached hydrogen (secondary N) is 1. The summed E-state index contributed by atoms with van der Waals surface area (Å²) in [6.45, 7) is 2.84. The number of nitrogens with two attached hydrogens (primary N) is 1. The third kappa shape index (κ3) is 3.85. The number of rotatable bonds is 5. The zero-order valence-corrected chi connectivity index (χ0v) is 10.8. The lowest BCUT2D eigenvalue weighted by molar-refractivity contribution is -0.121. The van der Waals surface area contributed by atoms with Crippen molar-refractivity contribution in [3.63, 3.8) is 0 Å². The van der Waals surface area contributed by atoms with E-state index in [0.29, 0.717) is 18.7 Å². The predicted octanol–water partition coefficient (Wildman–Crippen LogP) is 0.353. The molecule has 1 aromatic rings. The van der Waals surface area contributed by atoms with Crippen LogP contribution in [0.15, 0.2) is 24.3 Å². The number of nitrogens with zero attached hydrogens (tertiary/aromatic N) is 1. The first-order chi connectivity index (χ1) is 8.58. The van der Waals surface area contributed by atoms with Crippen LogP contribution in [0.1, 0.15) is 22.8 Å². The molecule has 0 bridgehead atoms. The summed E-state index contributed by atoms with van der Waals surface area (Å²) in [6, 6.07) is 7.11. The maximum Gasteiger partial charge on any atom is 0.254 e. The molecule has 3 N–H and O–H groups in total. The molecule has 0 saturated heterocycles. The van der Waals surface area contributed by atoms with Crippen molar-refractivity contribution in [1.29, 1.82) is 0 Å². The van der Waals surface area contributed by atoms with Gasteiger partial charge in [-0.15, -0.1) is 0 Å². The van der Waals surface area contributed by atoms with Crippen molar-refractivity contribution in [2.24, 2.45) is 5.73 Å². The van der Waals surface area contributed by atoms with Crippen LogP contribution in [0, 0.1) is 0 Å². The van der Waals surface area contributed by atoms with Crippen molar-refractivity contribution < 1.29 is 9.59 Å². The van der Waals surface area contributed by atoms with Gasteiger partial charge in [-0.05, 0) is 24.6 Å².